The van der Waals surface area contributed by atoms with Crippen molar-refractivity contribution in [1.29, 1.82) is 10.5 Å². The van der Waals surface area contributed by atoms with Crippen LogP contribution in [0.3, 0.4) is 0 Å². The zero-order chi connectivity index (χ0) is 14.9. The van der Waals surface area contributed by atoms with Crippen LogP contribution in [0.4, 0.5) is 0 Å². The number of nitrogens with zero attached hydrogens (tertiary/aromatic N) is 3. The molecule has 1 heterocycles. The van der Waals surface area contributed by atoms with Crippen molar-refractivity contribution in [2.24, 2.45) is 0 Å². The minimum absolute atomic E-state index is 0.157. The van der Waals surface area contributed by atoms with Gasteiger partial charge in [0.1, 0.15) is 12.1 Å². The number of aromatic amines is 1. The lowest BCUT2D eigenvalue weighted by molar-refractivity contribution is 0.623. The summed E-state index contributed by atoms with van der Waals surface area (Å²) in [7, 11) is 0. The Morgan fingerprint density at radius 2 is 1.95 bits per heavy atom. The fourth-order valence-corrected chi connectivity index (χ4v) is 2.59. The molecule has 1 atom stereocenters. The number of hydrogen-bond acceptors (Lipinski definition) is 3. The van der Waals surface area contributed by atoms with Crippen molar-refractivity contribution in [2.45, 2.75) is 13.0 Å². The third-order valence-corrected chi connectivity index (χ3v) is 4.00. The minimum atomic E-state index is -0.245. The summed E-state index contributed by atoms with van der Waals surface area (Å²) in [5, 5.41) is 19.1. The van der Waals surface area contributed by atoms with Crippen molar-refractivity contribution in [3.05, 3.63) is 50.0 Å². The number of aromatic nitrogens is 2. The van der Waals surface area contributed by atoms with Gasteiger partial charge in [0.25, 0.3) is 0 Å². The second-order valence-corrected chi connectivity index (χ2v) is 5.30. The summed E-state index contributed by atoms with van der Waals surface area (Å²) >= 11 is 17.1. The van der Waals surface area contributed by atoms with Crippen LogP contribution in [0.15, 0.2) is 18.2 Å². The van der Waals surface area contributed by atoms with Gasteiger partial charge in [-0.1, -0.05) is 29.3 Å². The van der Waals surface area contributed by atoms with Crippen LogP contribution >= 0.6 is 35.4 Å². The summed E-state index contributed by atoms with van der Waals surface area (Å²) in [5.41, 5.74) is 1.20. The molecule has 100 valence electrons. The summed E-state index contributed by atoms with van der Waals surface area (Å²) in [6.45, 7) is 1.87. The van der Waals surface area contributed by atoms with Crippen molar-refractivity contribution in [3.8, 4) is 12.1 Å². The van der Waals surface area contributed by atoms with Gasteiger partial charge in [0, 0.05) is 0 Å². The second kappa shape index (κ2) is 5.68. The highest BCUT2D eigenvalue weighted by Gasteiger charge is 2.18. The van der Waals surface area contributed by atoms with Crippen LogP contribution in [0.5, 0.6) is 0 Å². The fourth-order valence-electron chi connectivity index (χ4n) is 1.93. The van der Waals surface area contributed by atoms with E-state index >= 15 is 0 Å². The molecule has 0 fully saturated rings. The van der Waals surface area contributed by atoms with E-state index in [-0.39, 0.29) is 17.4 Å². The Bertz CT molecular complexity index is 807. The zero-order valence-electron chi connectivity index (χ0n) is 10.3. The SMILES string of the molecule is CC(c1ccc(Cl)c(Cl)c1)n1c(C#N)c(C#N)[nH]c1=S. The number of benzene rings is 1. The quantitative estimate of drug-likeness (QED) is 0.842. The van der Waals surface area contributed by atoms with Gasteiger partial charge in [-0.05, 0) is 36.8 Å². The Hall–Kier alpha value is -1.79. The molecule has 0 aliphatic heterocycles. The summed E-state index contributed by atoms with van der Waals surface area (Å²) in [6.07, 6.45) is 0. The number of nitrogens with one attached hydrogen (secondary N) is 1. The second-order valence-electron chi connectivity index (χ2n) is 4.10. The van der Waals surface area contributed by atoms with E-state index in [1.807, 2.05) is 19.1 Å². The van der Waals surface area contributed by atoms with Crippen LogP contribution in [-0.2, 0) is 0 Å². The molecule has 0 saturated carbocycles. The number of imidazole rings is 1. The lowest BCUT2D eigenvalue weighted by Gasteiger charge is -2.15. The predicted molar refractivity (Wildman–Crippen MR) is 79.3 cm³/mol. The first-order valence-electron chi connectivity index (χ1n) is 5.59. The molecule has 1 unspecified atom stereocenters. The van der Waals surface area contributed by atoms with E-state index in [1.54, 1.807) is 22.8 Å². The van der Waals surface area contributed by atoms with Crippen LogP contribution in [0, 0.1) is 27.4 Å². The first-order valence-corrected chi connectivity index (χ1v) is 6.75. The normalized spacial score (nSPS) is 11.7. The third-order valence-electron chi connectivity index (χ3n) is 2.96. The van der Waals surface area contributed by atoms with Gasteiger partial charge >= 0.3 is 0 Å². The Morgan fingerprint density at radius 1 is 1.25 bits per heavy atom. The van der Waals surface area contributed by atoms with Crippen molar-refractivity contribution in [1.82, 2.24) is 9.55 Å². The smallest absolute Gasteiger partial charge is 0.179 e. The lowest BCUT2D eigenvalue weighted by atomic mass is 10.1. The zero-order valence-corrected chi connectivity index (χ0v) is 12.6. The van der Waals surface area contributed by atoms with E-state index in [0.717, 1.165) is 5.56 Å². The number of nitriles is 2. The molecule has 0 saturated heterocycles. The van der Waals surface area contributed by atoms with E-state index in [9.17, 15) is 5.26 Å². The van der Waals surface area contributed by atoms with Gasteiger partial charge in [0.2, 0.25) is 0 Å². The highest BCUT2D eigenvalue weighted by molar-refractivity contribution is 7.71. The fraction of sp³-hybridized carbons (Fsp3) is 0.154. The van der Waals surface area contributed by atoms with Crippen molar-refractivity contribution in [3.63, 3.8) is 0 Å². The van der Waals surface area contributed by atoms with Gasteiger partial charge < -0.3 is 9.55 Å². The molecule has 7 heteroatoms. The van der Waals surface area contributed by atoms with Crippen molar-refractivity contribution >= 4 is 35.4 Å². The minimum Gasteiger partial charge on any atom is -0.321 e. The molecular formula is C13H8Cl2N4S. The Morgan fingerprint density at radius 3 is 2.50 bits per heavy atom. The van der Waals surface area contributed by atoms with Gasteiger partial charge in [0.15, 0.2) is 16.2 Å². The summed E-state index contributed by atoms with van der Waals surface area (Å²) in [5.74, 6) is 0. The van der Waals surface area contributed by atoms with E-state index < -0.39 is 0 Å². The molecule has 0 spiro atoms. The highest BCUT2D eigenvalue weighted by Crippen LogP contribution is 2.28. The number of H-pyrrole nitrogens is 1. The van der Waals surface area contributed by atoms with Gasteiger partial charge in [0.05, 0.1) is 16.1 Å². The van der Waals surface area contributed by atoms with Gasteiger partial charge in [-0.3, -0.25) is 0 Å². The van der Waals surface area contributed by atoms with Crippen LogP contribution in [-0.4, -0.2) is 9.55 Å². The molecule has 20 heavy (non-hydrogen) atoms. The maximum absolute atomic E-state index is 9.20. The van der Waals surface area contributed by atoms with Gasteiger partial charge in [-0.15, -0.1) is 0 Å². The first kappa shape index (κ1) is 14.6. The molecule has 0 bridgehead atoms. The standard InChI is InChI=1S/C13H8Cl2N4S/c1-7(8-2-3-9(14)10(15)4-8)19-12(6-17)11(5-16)18-13(19)20/h2-4,7H,1H3,(H,18,20). The molecule has 0 amide bonds. The molecule has 2 rings (SSSR count). The molecule has 1 N–H and O–H groups in total. The maximum atomic E-state index is 9.20. The van der Waals surface area contributed by atoms with Crippen LogP contribution in [0.1, 0.15) is 29.9 Å². The number of rotatable bonds is 2. The summed E-state index contributed by atoms with van der Waals surface area (Å²) in [4.78, 5) is 2.73. The van der Waals surface area contributed by atoms with E-state index in [4.69, 9.17) is 40.7 Å². The molecule has 1 aromatic carbocycles. The summed E-state index contributed by atoms with van der Waals surface area (Å²) in [6, 6.07) is 8.88. The number of hydrogen-bond donors (Lipinski definition) is 1. The number of halogens is 2. The Balaban J connectivity index is 2.60. The Kier molecular flexibility index (Phi) is 4.15. The lowest BCUT2D eigenvalue weighted by Crippen LogP contribution is -2.09. The average molecular weight is 323 g/mol. The molecule has 2 aromatic rings. The van der Waals surface area contributed by atoms with Gasteiger partial charge in [-0.25, -0.2) is 0 Å². The maximum Gasteiger partial charge on any atom is 0.179 e. The molecule has 4 nitrogen and oxygen atoms in total. The van der Waals surface area contributed by atoms with E-state index in [0.29, 0.717) is 14.8 Å². The molecule has 0 aliphatic rings. The monoisotopic (exact) mass is 322 g/mol. The van der Waals surface area contributed by atoms with Crippen LogP contribution in [0.2, 0.25) is 10.0 Å². The Labute approximate surface area is 130 Å². The predicted octanol–water partition coefficient (Wildman–Crippen LogP) is 4.21. The summed E-state index contributed by atoms with van der Waals surface area (Å²) < 4.78 is 1.91. The van der Waals surface area contributed by atoms with E-state index in [1.165, 1.54) is 0 Å². The largest absolute Gasteiger partial charge is 0.321 e. The van der Waals surface area contributed by atoms with Gasteiger partial charge in [-0.2, -0.15) is 10.5 Å². The molecule has 1 aromatic heterocycles. The average Bonchev–Trinajstić information content (AvgIpc) is 2.76. The topological polar surface area (TPSA) is 68.3 Å². The van der Waals surface area contributed by atoms with Crippen molar-refractivity contribution in [2.75, 3.05) is 0 Å². The molecular weight excluding hydrogens is 315 g/mol. The van der Waals surface area contributed by atoms with Crippen LogP contribution in [0.25, 0.3) is 0 Å². The van der Waals surface area contributed by atoms with Crippen molar-refractivity contribution < 1.29 is 0 Å². The van der Waals surface area contributed by atoms with Crippen LogP contribution < -0.4 is 0 Å². The highest BCUT2D eigenvalue weighted by atomic mass is 35.5. The van der Waals surface area contributed by atoms with E-state index in [2.05, 4.69) is 4.98 Å². The molecule has 0 radical (unpaired) electrons. The first-order chi connectivity index (χ1) is 9.49. The third kappa shape index (κ3) is 2.44. The molecule has 0 aliphatic carbocycles.